The summed E-state index contributed by atoms with van der Waals surface area (Å²) in [4.78, 5) is 21.4. The first-order valence-electron chi connectivity index (χ1n) is 5.10. The lowest BCUT2D eigenvalue weighted by atomic mass is 10.1. The number of carbonyl (C=O) groups is 1. The third kappa shape index (κ3) is 2.43. The highest BCUT2D eigenvalue weighted by atomic mass is 16.2. The number of anilines is 1. The van der Waals surface area contributed by atoms with Crippen molar-refractivity contribution in [3.63, 3.8) is 0 Å². The largest absolute Gasteiger partial charge is 0.382 e. The first-order valence-corrected chi connectivity index (χ1v) is 5.10. The van der Waals surface area contributed by atoms with Crippen LogP contribution in [0.3, 0.4) is 0 Å². The predicted octanol–water partition coefficient (Wildman–Crippen LogP) is 0.571. The lowest BCUT2D eigenvalue weighted by molar-refractivity contribution is -0.133. The van der Waals surface area contributed by atoms with Crippen LogP contribution in [0.15, 0.2) is 12.4 Å². The molecule has 0 aromatic carbocycles. The third-order valence-corrected chi connectivity index (χ3v) is 2.50. The fourth-order valence-corrected chi connectivity index (χ4v) is 1.67. The van der Waals surface area contributed by atoms with Crippen molar-refractivity contribution < 1.29 is 4.79 Å². The summed E-state index contributed by atoms with van der Waals surface area (Å²) in [5.74, 6) is 0.614. The molecular formula is C10H14N4O. The van der Waals surface area contributed by atoms with Crippen LogP contribution < -0.4 is 5.73 Å². The molecule has 1 aliphatic heterocycles. The van der Waals surface area contributed by atoms with E-state index in [1.54, 1.807) is 6.20 Å². The van der Waals surface area contributed by atoms with Gasteiger partial charge in [0.05, 0.1) is 24.6 Å². The summed E-state index contributed by atoms with van der Waals surface area (Å²) in [6.07, 6.45) is 5.88. The molecule has 2 heterocycles. The Morgan fingerprint density at radius 2 is 2.20 bits per heavy atom. The van der Waals surface area contributed by atoms with Gasteiger partial charge in [0.1, 0.15) is 5.82 Å². The minimum atomic E-state index is 0.208. The van der Waals surface area contributed by atoms with Crippen LogP contribution in [0.1, 0.15) is 25.0 Å². The van der Waals surface area contributed by atoms with Crippen molar-refractivity contribution >= 4 is 11.7 Å². The molecule has 1 aromatic heterocycles. The van der Waals surface area contributed by atoms with Crippen LogP contribution in [0, 0.1) is 0 Å². The van der Waals surface area contributed by atoms with Gasteiger partial charge in [-0.15, -0.1) is 0 Å². The molecule has 1 saturated heterocycles. The fraction of sp³-hybridized carbons (Fsp3) is 0.500. The Hall–Kier alpha value is -1.65. The second-order valence-electron chi connectivity index (χ2n) is 3.71. The lowest BCUT2D eigenvalue weighted by Gasteiger charge is -2.26. The van der Waals surface area contributed by atoms with Crippen LogP contribution in [0.4, 0.5) is 5.82 Å². The molecule has 2 N–H and O–H groups in total. The number of nitrogen functional groups attached to an aromatic ring is 1. The van der Waals surface area contributed by atoms with Crippen molar-refractivity contribution in [2.75, 3.05) is 12.3 Å². The Balaban J connectivity index is 2.01. The van der Waals surface area contributed by atoms with Gasteiger partial charge in [-0.3, -0.25) is 9.78 Å². The molecule has 0 unspecified atom stereocenters. The molecule has 1 amide bonds. The van der Waals surface area contributed by atoms with Gasteiger partial charge in [0.2, 0.25) is 5.91 Å². The van der Waals surface area contributed by atoms with Crippen LogP contribution >= 0.6 is 0 Å². The predicted molar refractivity (Wildman–Crippen MR) is 55.7 cm³/mol. The van der Waals surface area contributed by atoms with Crippen molar-refractivity contribution in [3.8, 4) is 0 Å². The molecule has 0 aliphatic carbocycles. The van der Waals surface area contributed by atoms with Crippen molar-refractivity contribution in [3.05, 3.63) is 18.1 Å². The zero-order valence-corrected chi connectivity index (χ0v) is 8.52. The summed E-state index contributed by atoms with van der Waals surface area (Å²) >= 11 is 0. The summed E-state index contributed by atoms with van der Waals surface area (Å²) in [7, 11) is 0. The van der Waals surface area contributed by atoms with E-state index in [1.807, 2.05) is 4.90 Å². The summed E-state index contributed by atoms with van der Waals surface area (Å²) in [6, 6.07) is 0. The second-order valence-corrected chi connectivity index (χ2v) is 3.71. The Labute approximate surface area is 88.3 Å². The maximum Gasteiger partial charge on any atom is 0.222 e. The van der Waals surface area contributed by atoms with Gasteiger partial charge in [-0.25, -0.2) is 4.98 Å². The van der Waals surface area contributed by atoms with E-state index in [0.29, 0.717) is 18.8 Å². The van der Waals surface area contributed by atoms with Gasteiger partial charge >= 0.3 is 0 Å². The van der Waals surface area contributed by atoms with Gasteiger partial charge in [0, 0.05) is 13.0 Å². The van der Waals surface area contributed by atoms with Crippen LogP contribution in [0.25, 0.3) is 0 Å². The molecule has 0 bridgehead atoms. The van der Waals surface area contributed by atoms with Crippen molar-refractivity contribution in [2.45, 2.75) is 25.8 Å². The summed E-state index contributed by atoms with van der Waals surface area (Å²) in [5, 5.41) is 0. The number of amides is 1. The number of hydrogen-bond donors (Lipinski definition) is 1. The molecule has 5 heteroatoms. The maximum atomic E-state index is 11.5. The molecule has 1 aliphatic rings. The van der Waals surface area contributed by atoms with Crippen LogP contribution in [0.5, 0.6) is 0 Å². The number of aromatic nitrogens is 2. The van der Waals surface area contributed by atoms with Gasteiger partial charge < -0.3 is 10.6 Å². The minimum absolute atomic E-state index is 0.208. The van der Waals surface area contributed by atoms with Gasteiger partial charge in [0.25, 0.3) is 0 Å². The lowest BCUT2D eigenvalue weighted by Crippen LogP contribution is -2.34. The summed E-state index contributed by atoms with van der Waals surface area (Å²) in [6.45, 7) is 1.37. The van der Waals surface area contributed by atoms with Crippen molar-refractivity contribution in [1.82, 2.24) is 14.9 Å². The molecule has 0 spiro atoms. The molecule has 5 nitrogen and oxygen atoms in total. The highest BCUT2D eigenvalue weighted by Crippen LogP contribution is 2.12. The summed E-state index contributed by atoms with van der Waals surface area (Å²) in [5.41, 5.74) is 6.22. The number of nitrogens with two attached hydrogens (primary N) is 1. The molecule has 1 aromatic rings. The normalized spacial score (nSPS) is 16.8. The van der Waals surface area contributed by atoms with E-state index in [4.69, 9.17) is 5.73 Å². The van der Waals surface area contributed by atoms with E-state index in [0.717, 1.165) is 25.1 Å². The quantitative estimate of drug-likeness (QED) is 0.767. The molecule has 1 fully saturated rings. The highest BCUT2D eigenvalue weighted by Gasteiger charge is 2.18. The SMILES string of the molecule is Nc1cnc(CN2CCCCC2=O)cn1. The molecule has 15 heavy (non-hydrogen) atoms. The molecule has 2 rings (SSSR count). The number of nitrogens with zero attached hydrogens (tertiary/aromatic N) is 3. The fourth-order valence-electron chi connectivity index (χ4n) is 1.67. The number of hydrogen-bond acceptors (Lipinski definition) is 4. The summed E-state index contributed by atoms with van der Waals surface area (Å²) < 4.78 is 0. The Kier molecular flexibility index (Phi) is 2.80. The molecule has 0 atom stereocenters. The first-order chi connectivity index (χ1) is 7.25. The number of carbonyl (C=O) groups excluding carboxylic acids is 1. The monoisotopic (exact) mass is 206 g/mol. The van der Waals surface area contributed by atoms with Gasteiger partial charge in [-0.1, -0.05) is 0 Å². The van der Waals surface area contributed by atoms with E-state index in [2.05, 4.69) is 9.97 Å². The number of likely N-dealkylation sites (tertiary alicyclic amines) is 1. The zero-order valence-electron chi connectivity index (χ0n) is 8.52. The molecular weight excluding hydrogens is 192 g/mol. The van der Waals surface area contributed by atoms with Crippen LogP contribution in [0.2, 0.25) is 0 Å². The van der Waals surface area contributed by atoms with Gasteiger partial charge in [0.15, 0.2) is 0 Å². The third-order valence-electron chi connectivity index (χ3n) is 2.50. The number of rotatable bonds is 2. The maximum absolute atomic E-state index is 11.5. The number of piperidine rings is 1. The average molecular weight is 206 g/mol. The molecule has 0 saturated carbocycles. The Morgan fingerprint density at radius 1 is 1.33 bits per heavy atom. The van der Waals surface area contributed by atoms with E-state index >= 15 is 0 Å². The average Bonchev–Trinajstić information content (AvgIpc) is 2.25. The molecule has 80 valence electrons. The Morgan fingerprint density at radius 3 is 2.87 bits per heavy atom. The van der Waals surface area contributed by atoms with E-state index in [-0.39, 0.29) is 5.91 Å². The Bertz CT molecular complexity index is 349. The zero-order chi connectivity index (χ0) is 10.7. The van der Waals surface area contributed by atoms with E-state index < -0.39 is 0 Å². The second kappa shape index (κ2) is 4.25. The highest BCUT2D eigenvalue weighted by molar-refractivity contribution is 5.76. The minimum Gasteiger partial charge on any atom is -0.382 e. The van der Waals surface area contributed by atoms with Gasteiger partial charge in [-0.05, 0) is 12.8 Å². The van der Waals surface area contributed by atoms with Crippen molar-refractivity contribution in [1.29, 1.82) is 0 Å². The molecule has 0 radical (unpaired) electrons. The van der Waals surface area contributed by atoms with E-state index in [9.17, 15) is 4.79 Å². The topological polar surface area (TPSA) is 72.1 Å². The van der Waals surface area contributed by atoms with Crippen molar-refractivity contribution in [2.24, 2.45) is 0 Å². The first kappa shape index (κ1) is 9.89. The van der Waals surface area contributed by atoms with Gasteiger partial charge in [-0.2, -0.15) is 0 Å². The van der Waals surface area contributed by atoms with Crippen LogP contribution in [-0.2, 0) is 11.3 Å². The van der Waals surface area contributed by atoms with E-state index in [1.165, 1.54) is 6.20 Å². The smallest absolute Gasteiger partial charge is 0.222 e. The standard InChI is InChI=1S/C10H14N4O/c11-9-6-12-8(5-13-9)7-14-4-2-1-3-10(14)15/h5-6H,1-4,7H2,(H2,11,13). The van der Waals surface area contributed by atoms with Crippen LogP contribution in [-0.4, -0.2) is 27.3 Å².